The molecule has 5 nitrogen and oxygen atoms in total. The Morgan fingerprint density at radius 2 is 1.69 bits per heavy atom. The minimum Gasteiger partial charge on any atom is -0.497 e. The standard InChI is InChI=1S/C26H30N2O3S/c1-31-25-14-8-13-24(18-25)28(32(29,30)26-15-6-3-7-16-26)21-23-12-9-17-27(20-23)19-22-10-4-2-5-11-22/h2-8,10-11,13-16,18,23H,9,12,17,19-21H2,1H3. The molecular weight excluding hydrogens is 420 g/mol. The van der Waals surface area contributed by atoms with Gasteiger partial charge in [0.2, 0.25) is 0 Å². The summed E-state index contributed by atoms with van der Waals surface area (Å²) < 4.78 is 34.2. The van der Waals surface area contributed by atoms with E-state index in [-0.39, 0.29) is 5.92 Å². The second-order valence-electron chi connectivity index (χ2n) is 8.28. The summed E-state index contributed by atoms with van der Waals surface area (Å²) in [5.41, 5.74) is 1.92. The molecule has 0 bridgehead atoms. The van der Waals surface area contributed by atoms with E-state index >= 15 is 0 Å². The van der Waals surface area contributed by atoms with Crippen molar-refractivity contribution in [3.05, 3.63) is 90.5 Å². The maximum Gasteiger partial charge on any atom is 0.264 e. The second kappa shape index (κ2) is 10.2. The summed E-state index contributed by atoms with van der Waals surface area (Å²) in [4.78, 5) is 2.74. The molecule has 1 saturated heterocycles. The van der Waals surface area contributed by atoms with Crippen molar-refractivity contribution in [2.24, 2.45) is 5.92 Å². The van der Waals surface area contributed by atoms with Crippen LogP contribution >= 0.6 is 0 Å². The maximum atomic E-state index is 13.7. The number of anilines is 1. The fourth-order valence-electron chi connectivity index (χ4n) is 4.35. The quantitative estimate of drug-likeness (QED) is 0.495. The zero-order valence-electron chi connectivity index (χ0n) is 18.4. The molecule has 0 aliphatic carbocycles. The molecule has 3 aromatic carbocycles. The van der Waals surface area contributed by atoms with Crippen LogP contribution in [0.5, 0.6) is 5.75 Å². The van der Waals surface area contributed by atoms with Crippen LogP contribution in [0.4, 0.5) is 5.69 Å². The molecule has 0 saturated carbocycles. The van der Waals surface area contributed by atoms with Gasteiger partial charge in [-0.05, 0) is 55.1 Å². The number of hydrogen-bond donors (Lipinski definition) is 0. The number of sulfonamides is 1. The Balaban J connectivity index is 1.59. The van der Waals surface area contributed by atoms with Gasteiger partial charge in [-0.25, -0.2) is 8.42 Å². The number of hydrogen-bond acceptors (Lipinski definition) is 4. The Morgan fingerprint density at radius 3 is 2.41 bits per heavy atom. The highest BCUT2D eigenvalue weighted by molar-refractivity contribution is 7.92. The molecule has 0 radical (unpaired) electrons. The van der Waals surface area contributed by atoms with Gasteiger partial charge in [-0.3, -0.25) is 9.21 Å². The minimum absolute atomic E-state index is 0.247. The number of benzene rings is 3. The lowest BCUT2D eigenvalue weighted by molar-refractivity contribution is 0.171. The number of rotatable bonds is 8. The highest BCUT2D eigenvalue weighted by Gasteiger charge is 2.30. The fourth-order valence-corrected chi connectivity index (χ4v) is 5.90. The molecule has 1 unspecified atom stereocenters. The van der Waals surface area contributed by atoms with Crippen LogP contribution in [0.3, 0.4) is 0 Å². The van der Waals surface area contributed by atoms with E-state index in [1.165, 1.54) is 5.56 Å². The predicted octanol–water partition coefficient (Wildman–Crippen LogP) is 4.80. The Morgan fingerprint density at radius 1 is 0.969 bits per heavy atom. The average molecular weight is 451 g/mol. The summed E-state index contributed by atoms with van der Waals surface area (Å²) in [6.45, 7) is 3.24. The molecular formula is C26H30N2O3S. The van der Waals surface area contributed by atoms with Crippen molar-refractivity contribution in [2.45, 2.75) is 24.3 Å². The van der Waals surface area contributed by atoms with Gasteiger partial charge < -0.3 is 4.74 Å². The third-order valence-electron chi connectivity index (χ3n) is 5.95. The summed E-state index contributed by atoms with van der Waals surface area (Å²) in [7, 11) is -2.10. The van der Waals surface area contributed by atoms with Crippen molar-refractivity contribution in [1.29, 1.82) is 0 Å². The maximum absolute atomic E-state index is 13.7. The summed E-state index contributed by atoms with van der Waals surface area (Å²) in [6, 6.07) is 26.4. The molecule has 1 atom stereocenters. The molecule has 0 N–H and O–H groups in total. The number of ether oxygens (including phenoxy) is 1. The Kier molecular flexibility index (Phi) is 7.12. The monoisotopic (exact) mass is 450 g/mol. The van der Waals surface area contributed by atoms with Crippen molar-refractivity contribution in [2.75, 3.05) is 31.0 Å². The third kappa shape index (κ3) is 5.31. The van der Waals surface area contributed by atoms with Gasteiger partial charge in [0, 0.05) is 25.7 Å². The third-order valence-corrected chi connectivity index (χ3v) is 7.76. The van der Waals surface area contributed by atoms with Gasteiger partial charge >= 0.3 is 0 Å². The van der Waals surface area contributed by atoms with Crippen LogP contribution < -0.4 is 9.04 Å². The van der Waals surface area contributed by atoms with Crippen molar-refractivity contribution in [3.63, 3.8) is 0 Å². The molecule has 6 heteroatoms. The van der Waals surface area contributed by atoms with Crippen LogP contribution in [-0.2, 0) is 16.6 Å². The van der Waals surface area contributed by atoms with E-state index < -0.39 is 10.0 Å². The van der Waals surface area contributed by atoms with Crippen LogP contribution in [0.15, 0.2) is 89.8 Å². The lowest BCUT2D eigenvalue weighted by atomic mass is 9.97. The molecule has 4 rings (SSSR count). The number of methoxy groups -OCH3 is 1. The van der Waals surface area contributed by atoms with Gasteiger partial charge in [0.1, 0.15) is 5.75 Å². The van der Waals surface area contributed by atoms with Crippen LogP contribution in [-0.4, -0.2) is 40.1 Å². The largest absolute Gasteiger partial charge is 0.497 e. The first-order valence-corrected chi connectivity index (χ1v) is 12.5. The van der Waals surface area contributed by atoms with E-state index in [0.717, 1.165) is 32.5 Å². The lowest BCUT2D eigenvalue weighted by Crippen LogP contribution is -2.42. The van der Waals surface area contributed by atoms with E-state index in [9.17, 15) is 8.42 Å². The smallest absolute Gasteiger partial charge is 0.264 e. The Hall–Kier alpha value is -2.83. The first kappa shape index (κ1) is 22.4. The number of nitrogens with zero attached hydrogens (tertiary/aromatic N) is 2. The Labute approximate surface area is 191 Å². The number of piperidine rings is 1. The molecule has 3 aromatic rings. The zero-order valence-corrected chi connectivity index (χ0v) is 19.2. The van der Waals surface area contributed by atoms with Gasteiger partial charge in [0.15, 0.2) is 0 Å². The molecule has 1 fully saturated rings. The van der Waals surface area contributed by atoms with Crippen molar-refractivity contribution >= 4 is 15.7 Å². The van der Waals surface area contributed by atoms with Crippen LogP contribution in [0.25, 0.3) is 0 Å². The first-order valence-electron chi connectivity index (χ1n) is 11.0. The molecule has 0 spiro atoms. The SMILES string of the molecule is COc1cccc(N(CC2CCCN(Cc3ccccc3)C2)S(=O)(=O)c2ccccc2)c1. The van der Waals surface area contributed by atoms with Crippen LogP contribution in [0.1, 0.15) is 18.4 Å². The van der Waals surface area contributed by atoms with Crippen LogP contribution in [0, 0.1) is 5.92 Å². The van der Waals surface area contributed by atoms with Crippen molar-refractivity contribution in [1.82, 2.24) is 4.90 Å². The topological polar surface area (TPSA) is 49.9 Å². The van der Waals surface area contributed by atoms with Crippen molar-refractivity contribution in [3.8, 4) is 5.75 Å². The summed E-state index contributed by atoms with van der Waals surface area (Å²) in [6.07, 6.45) is 2.07. The van der Waals surface area contributed by atoms with E-state index in [1.54, 1.807) is 41.7 Å². The van der Waals surface area contributed by atoms with Gasteiger partial charge in [0.05, 0.1) is 17.7 Å². The number of likely N-dealkylation sites (tertiary alicyclic amines) is 1. The van der Waals surface area contributed by atoms with Gasteiger partial charge in [-0.2, -0.15) is 0 Å². The predicted molar refractivity (Wildman–Crippen MR) is 128 cm³/mol. The zero-order chi connectivity index (χ0) is 22.4. The van der Waals surface area contributed by atoms with E-state index in [2.05, 4.69) is 29.2 Å². The molecule has 168 valence electrons. The summed E-state index contributed by atoms with van der Waals surface area (Å²) in [5, 5.41) is 0. The molecule has 0 amide bonds. The van der Waals surface area contributed by atoms with E-state index in [1.807, 2.05) is 30.3 Å². The van der Waals surface area contributed by atoms with Gasteiger partial charge in [-0.1, -0.05) is 54.6 Å². The van der Waals surface area contributed by atoms with Crippen LogP contribution in [0.2, 0.25) is 0 Å². The highest BCUT2D eigenvalue weighted by Crippen LogP contribution is 2.30. The fraction of sp³-hybridized carbons (Fsp3) is 0.308. The molecule has 1 aliphatic heterocycles. The van der Waals surface area contributed by atoms with E-state index in [4.69, 9.17) is 4.74 Å². The Bertz CT molecular complexity index is 1100. The minimum atomic E-state index is -3.70. The van der Waals surface area contributed by atoms with E-state index in [0.29, 0.717) is 22.9 Å². The average Bonchev–Trinajstić information content (AvgIpc) is 2.84. The second-order valence-corrected chi connectivity index (χ2v) is 10.1. The normalized spacial score (nSPS) is 17.1. The van der Waals surface area contributed by atoms with Gasteiger partial charge in [0.25, 0.3) is 10.0 Å². The molecule has 0 aromatic heterocycles. The molecule has 32 heavy (non-hydrogen) atoms. The lowest BCUT2D eigenvalue weighted by Gasteiger charge is -2.36. The highest BCUT2D eigenvalue weighted by atomic mass is 32.2. The van der Waals surface area contributed by atoms with Crippen molar-refractivity contribution < 1.29 is 13.2 Å². The van der Waals surface area contributed by atoms with Gasteiger partial charge in [-0.15, -0.1) is 0 Å². The molecule has 1 aliphatic rings. The summed E-state index contributed by atoms with van der Waals surface area (Å²) in [5.74, 6) is 0.891. The molecule has 1 heterocycles. The summed E-state index contributed by atoms with van der Waals surface area (Å²) >= 11 is 0. The first-order chi connectivity index (χ1) is 15.6.